The van der Waals surface area contributed by atoms with Crippen molar-refractivity contribution >= 4 is 5.97 Å². The largest absolute Gasteiger partial charge is 0.486 e. The van der Waals surface area contributed by atoms with Crippen molar-refractivity contribution in [2.75, 3.05) is 26.9 Å². The molecule has 0 radical (unpaired) electrons. The fourth-order valence-corrected chi connectivity index (χ4v) is 1.25. The molecule has 1 N–H and O–H groups in total. The van der Waals surface area contributed by atoms with Gasteiger partial charge in [0.15, 0.2) is 5.75 Å². The molecule has 6 nitrogen and oxygen atoms in total. The molecule has 0 amide bonds. The van der Waals surface area contributed by atoms with Crippen LogP contribution in [0.5, 0.6) is 11.6 Å². The van der Waals surface area contributed by atoms with Gasteiger partial charge in [-0.05, 0) is 19.1 Å². The van der Waals surface area contributed by atoms with Gasteiger partial charge in [0.25, 0.3) is 5.88 Å². The number of pyridine rings is 1. The summed E-state index contributed by atoms with van der Waals surface area (Å²) in [7, 11) is 1.53. The van der Waals surface area contributed by atoms with Gasteiger partial charge in [-0.2, -0.15) is 0 Å². The molecule has 0 fully saturated rings. The third kappa shape index (κ3) is 5.01. The summed E-state index contributed by atoms with van der Waals surface area (Å²) >= 11 is 0. The zero-order chi connectivity index (χ0) is 13.4. The minimum absolute atomic E-state index is 0.00456. The molecule has 0 aromatic carbocycles. The van der Waals surface area contributed by atoms with Crippen molar-refractivity contribution in [3.05, 3.63) is 17.8 Å². The van der Waals surface area contributed by atoms with Gasteiger partial charge in [0, 0.05) is 5.69 Å². The second kappa shape index (κ2) is 7.50. The lowest BCUT2D eigenvalue weighted by molar-refractivity contribution is -0.138. The molecule has 0 saturated heterocycles. The molecule has 18 heavy (non-hydrogen) atoms. The summed E-state index contributed by atoms with van der Waals surface area (Å²) in [5, 5.41) is 8.41. The fourth-order valence-electron chi connectivity index (χ4n) is 1.25. The molecule has 1 aromatic rings. The second-order valence-electron chi connectivity index (χ2n) is 3.56. The van der Waals surface area contributed by atoms with E-state index in [1.165, 1.54) is 7.11 Å². The van der Waals surface area contributed by atoms with Gasteiger partial charge in [-0.25, -0.2) is 4.98 Å². The number of aryl methyl sites for hydroxylation is 1. The Kier molecular flexibility index (Phi) is 5.93. The van der Waals surface area contributed by atoms with Gasteiger partial charge in [0.2, 0.25) is 0 Å². The highest BCUT2D eigenvalue weighted by molar-refractivity contribution is 5.66. The molecule has 1 heterocycles. The van der Waals surface area contributed by atoms with Gasteiger partial charge in [-0.3, -0.25) is 4.79 Å². The van der Waals surface area contributed by atoms with Crippen LogP contribution in [0.1, 0.15) is 12.1 Å². The zero-order valence-electron chi connectivity index (χ0n) is 10.5. The van der Waals surface area contributed by atoms with Crippen molar-refractivity contribution in [3.63, 3.8) is 0 Å². The van der Waals surface area contributed by atoms with Crippen LogP contribution in [-0.2, 0) is 9.53 Å². The summed E-state index contributed by atoms with van der Waals surface area (Å²) in [4.78, 5) is 14.4. The highest BCUT2D eigenvalue weighted by Crippen LogP contribution is 2.23. The van der Waals surface area contributed by atoms with E-state index in [4.69, 9.17) is 19.3 Å². The summed E-state index contributed by atoms with van der Waals surface area (Å²) < 4.78 is 15.6. The van der Waals surface area contributed by atoms with Crippen molar-refractivity contribution in [2.24, 2.45) is 0 Å². The number of aromatic nitrogens is 1. The Bertz CT molecular complexity index is 394. The highest BCUT2D eigenvalue weighted by atomic mass is 16.5. The molecule has 0 aliphatic carbocycles. The summed E-state index contributed by atoms with van der Waals surface area (Å²) in [6.07, 6.45) is -0.00456. The first-order valence-electron chi connectivity index (χ1n) is 5.57. The number of nitrogens with zero attached hydrogens (tertiary/aromatic N) is 1. The minimum Gasteiger partial charge on any atom is -0.486 e. The first-order chi connectivity index (χ1) is 8.63. The average molecular weight is 255 g/mol. The van der Waals surface area contributed by atoms with Crippen molar-refractivity contribution in [1.29, 1.82) is 0 Å². The lowest BCUT2D eigenvalue weighted by Crippen LogP contribution is -2.10. The summed E-state index contributed by atoms with van der Waals surface area (Å²) in [6, 6.07) is 3.60. The van der Waals surface area contributed by atoms with Gasteiger partial charge < -0.3 is 19.3 Å². The number of carboxylic acid groups (broad SMARTS) is 1. The van der Waals surface area contributed by atoms with Gasteiger partial charge in [0.05, 0.1) is 26.7 Å². The maximum atomic E-state index is 10.2. The lowest BCUT2D eigenvalue weighted by Gasteiger charge is -2.10. The smallest absolute Gasteiger partial charge is 0.305 e. The Hall–Kier alpha value is -1.82. The van der Waals surface area contributed by atoms with Crippen LogP contribution in [0.2, 0.25) is 0 Å². The van der Waals surface area contributed by atoms with Crippen LogP contribution < -0.4 is 9.47 Å². The number of ether oxygens (including phenoxy) is 3. The third-order valence-corrected chi connectivity index (χ3v) is 2.10. The SMILES string of the molecule is COc1nc(C)ccc1OCCOCCC(=O)O. The predicted octanol–water partition coefficient (Wildman–Crippen LogP) is 1.27. The molecule has 0 unspecified atom stereocenters. The summed E-state index contributed by atoms with van der Waals surface area (Å²) in [5.74, 6) is 0.103. The monoisotopic (exact) mass is 255 g/mol. The summed E-state index contributed by atoms with van der Waals surface area (Å²) in [5.41, 5.74) is 0.844. The van der Waals surface area contributed by atoms with E-state index >= 15 is 0 Å². The van der Waals surface area contributed by atoms with Crippen LogP contribution >= 0.6 is 0 Å². The maximum absolute atomic E-state index is 10.2. The minimum atomic E-state index is -0.875. The topological polar surface area (TPSA) is 77.9 Å². The zero-order valence-corrected chi connectivity index (χ0v) is 10.5. The second-order valence-corrected chi connectivity index (χ2v) is 3.56. The standard InChI is InChI=1S/C12H17NO5/c1-9-3-4-10(12(13-9)16-2)18-8-7-17-6-5-11(14)15/h3-4H,5-8H2,1-2H3,(H,14,15). The molecular formula is C12H17NO5. The number of carbonyl (C=O) groups is 1. The molecule has 100 valence electrons. The quantitative estimate of drug-likeness (QED) is 0.705. The van der Waals surface area contributed by atoms with Crippen LogP contribution in [0.4, 0.5) is 0 Å². The fraction of sp³-hybridized carbons (Fsp3) is 0.500. The first kappa shape index (κ1) is 14.2. The van der Waals surface area contributed by atoms with Gasteiger partial charge in [-0.15, -0.1) is 0 Å². The predicted molar refractivity (Wildman–Crippen MR) is 64.1 cm³/mol. The number of methoxy groups -OCH3 is 1. The Morgan fingerprint density at radius 1 is 1.33 bits per heavy atom. The molecule has 0 spiro atoms. The van der Waals surface area contributed by atoms with E-state index in [0.29, 0.717) is 24.8 Å². The molecule has 1 rings (SSSR count). The molecule has 6 heteroatoms. The first-order valence-corrected chi connectivity index (χ1v) is 5.57. The van der Waals surface area contributed by atoms with Crippen LogP contribution in [-0.4, -0.2) is 43.0 Å². The summed E-state index contributed by atoms with van der Waals surface area (Å²) in [6.45, 7) is 2.69. The molecule has 1 aromatic heterocycles. The van der Waals surface area contributed by atoms with E-state index in [1.54, 1.807) is 6.07 Å². The Morgan fingerprint density at radius 3 is 2.78 bits per heavy atom. The van der Waals surface area contributed by atoms with Gasteiger partial charge in [-0.1, -0.05) is 0 Å². The van der Waals surface area contributed by atoms with E-state index in [-0.39, 0.29) is 13.0 Å². The molecule has 0 bridgehead atoms. The van der Waals surface area contributed by atoms with E-state index < -0.39 is 5.97 Å². The lowest BCUT2D eigenvalue weighted by atomic mass is 10.3. The van der Waals surface area contributed by atoms with Crippen molar-refractivity contribution in [1.82, 2.24) is 4.98 Å². The molecule has 0 aliphatic heterocycles. The Labute approximate surface area is 106 Å². The number of carboxylic acids is 1. The number of hydrogen-bond donors (Lipinski definition) is 1. The van der Waals surface area contributed by atoms with Crippen molar-refractivity contribution < 1.29 is 24.1 Å². The van der Waals surface area contributed by atoms with E-state index in [2.05, 4.69) is 4.98 Å². The number of rotatable bonds is 8. The van der Waals surface area contributed by atoms with Crippen molar-refractivity contribution in [2.45, 2.75) is 13.3 Å². The van der Waals surface area contributed by atoms with Crippen LogP contribution in [0.25, 0.3) is 0 Å². The van der Waals surface area contributed by atoms with Crippen LogP contribution in [0.3, 0.4) is 0 Å². The maximum Gasteiger partial charge on any atom is 0.305 e. The van der Waals surface area contributed by atoms with Crippen molar-refractivity contribution in [3.8, 4) is 11.6 Å². The average Bonchev–Trinajstić information content (AvgIpc) is 2.34. The molecule has 0 saturated carbocycles. The van der Waals surface area contributed by atoms with E-state index in [1.807, 2.05) is 13.0 Å². The normalized spacial score (nSPS) is 10.1. The van der Waals surface area contributed by atoms with E-state index in [0.717, 1.165) is 5.69 Å². The van der Waals surface area contributed by atoms with E-state index in [9.17, 15) is 4.79 Å². The third-order valence-electron chi connectivity index (χ3n) is 2.10. The molecular weight excluding hydrogens is 238 g/mol. The molecule has 0 atom stereocenters. The number of aliphatic carboxylic acids is 1. The Morgan fingerprint density at radius 2 is 2.11 bits per heavy atom. The van der Waals surface area contributed by atoms with Crippen LogP contribution in [0.15, 0.2) is 12.1 Å². The molecule has 0 aliphatic rings. The van der Waals surface area contributed by atoms with Gasteiger partial charge in [0.1, 0.15) is 6.61 Å². The Balaban J connectivity index is 2.28. The number of hydrogen-bond acceptors (Lipinski definition) is 5. The van der Waals surface area contributed by atoms with Gasteiger partial charge >= 0.3 is 5.97 Å². The van der Waals surface area contributed by atoms with Crippen LogP contribution in [0, 0.1) is 6.92 Å². The highest BCUT2D eigenvalue weighted by Gasteiger charge is 2.05.